The highest BCUT2D eigenvalue weighted by atomic mass is 16.5. The molecule has 0 saturated carbocycles. The van der Waals surface area contributed by atoms with Gasteiger partial charge < -0.3 is 9.47 Å². The standard InChI is InChI=1S/C23H22N2O2/c1-26-22-14-13-18(15-23(22)27-2)20-16-21(17-9-5-3-6-10-17)25(24-20)19-11-7-4-8-12-19/h3-16,21,24H,1-2H3. The lowest BCUT2D eigenvalue weighted by Crippen LogP contribution is -2.33. The van der Waals surface area contributed by atoms with Gasteiger partial charge in [0.15, 0.2) is 11.5 Å². The van der Waals surface area contributed by atoms with Crippen molar-refractivity contribution in [2.75, 3.05) is 19.2 Å². The van der Waals surface area contributed by atoms with Crippen LogP contribution in [0.4, 0.5) is 5.69 Å². The van der Waals surface area contributed by atoms with E-state index in [0.717, 1.165) is 22.7 Å². The highest BCUT2D eigenvalue weighted by molar-refractivity contribution is 5.73. The molecule has 27 heavy (non-hydrogen) atoms. The molecular weight excluding hydrogens is 336 g/mol. The molecule has 1 unspecified atom stereocenters. The summed E-state index contributed by atoms with van der Waals surface area (Å²) in [7, 11) is 3.30. The van der Waals surface area contributed by atoms with Crippen molar-refractivity contribution in [3.8, 4) is 11.5 Å². The van der Waals surface area contributed by atoms with Gasteiger partial charge in [-0.05, 0) is 42.0 Å². The summed E-state index contributed by atoms with van der Waals surface area (Å²) in [6.45, 7) is 0. The summed E-state index contributed by atoms with van der Waals surface area (Å²) in [5, 5.41) is 2.18. The van der Waals surface area contributed by atoms with Crippen LogP contribution >= 0.6 is 0 Å². The molecule has 3 aromatic carbocycles. The second kappa shape index (κ2) is 7.46. The number of hydrogen-bond acceptors (Lipinski definition) is 4. The Bertz CT molecular complexity index is 939. The number of methoxy groups -OCH3 is 2. The topological polar surface area (TPSA) is 33.7 Å². The van der Waals surface area contributed by atoms with E-state index in [0.29, 0.717) is 5.75 Å². The van der Waals surface area contributed by atoms with Gasteiger partial charge in [0.1, 0.15) is 0 Å². The van der Waals surface area contributed by atoms with E-state index in [2.05, 4.69) is 52.9 Å². The molecule has 136 valence electrons. The van der Waals surface area contributed by atoms with Gasteiger partial charge in [0, 0.05) is 5.56 Å². The van der Waals surface area contributed by atoms with Gasteiger partial charge in [0.25, 0.3) is 0 Å². The average molecular weight is 358 g/mol. The van der Waals surface area contributed by atoms with E-state index in [1.807, 2.05) is 42.5 Å². The van der Waals surface area contributed by atoms with Crippen molar-refractivity contribution in [1.82, 2.24) is 5.43 Å². The van der Waals surface area contributed by atoms with E-state index < -0.39 is 0 Å². The van der Waals surface area contributed by atoms with Crippen LogP contribution < -0.4 is 19.9 Å². The summed E-state index contributed by atoms with van der Waals surface area (Å²) >= 11 is 0. The van der Waals surface area contributed by atoms with Gasteiger partial charge in [-0.1, -0.05) is 48.5 Å². The van der Waals surface area contributed by atoms with Crippen molar-refractivity contribution in [2.45, 2.75) is 6.04 Å². The third kappa shape index (κ3) is 3.34. The van der Waals surface area contributed by atoms with Crippen LogP contribution in [0.1, 0.15) is 17.2 Å². The van der Waals surface area contributed by atoms with Crippen molar-refractivity contribution < 1.29 is 9.47 Å². The predicted molar refractivity (Wildman–Crippen MR) is 109 cm³/mol. The van der Waals surface area contributed by atoms with Crippen LogP contribution in [0, 0.1) is 0 Å². The zero-order chi connectivity index (χ0) is 18.6. The van der Waals surface area contributed by atoms with Crippen LogP contribution in [0.15, 0.2) is 84.9 Å². The van der Waals surface area contributed by atoms with Gasteiger partial charge in [-0.25, -0.2) is 0 Å². The molecule has 1 atom stereocenters. The number of nitrogens with zero attached hydrogens (tertiary/aromatic N) is 1. The van der Waals surface area contributed by atoms with E-state index in [9.17, 15) is 0 Å². The molecule has 4 heteroatoms. The molecule has 0 spiro atoms. The molecule has 0 fully saturated rings. The predicted octanol–water partition coefficient (Wildman–Crippen LogP) is 4.81. The smallest absolute Gasteiger partial charge is 0.161 e. The molecule has 0 saturated heterocycles. The minimum atomic E-state index is 0.0942. The fourth-order valence-corrected chi connectivity index (χ4v) is 3.34. The van der Waals surface area contributed by atoms with Crippen LogP contribution in [0.2, 0.25) is 0 Å². The van der Waals surface area contributed by atoms with Crippen molar-refractivity contribution in [2.24, 2.45) is 0 Å². The summed E-state index contributed by atoms with van der Waals surface area (Å²) in [5.74, 6) is 1.44. The van der Waals surface area contributed by atoms with Gasteiger partial charge in [-0.3, -0.25) is 10.4 Å². The number of anilines is 1. The number of hydrogen-bond donors (Lipinski definition) is 1. The second-order valence-electron chi connectivity index (χ2n) is 6.32. The number of benzene rings is 3. The Morgan fingerprint density at radius 1 is 0.778 bits per heavy atom. The second-order valence-corrected chi connectivity index (χ2v) is 6.32. The minimum absolute atomic E-state index is 0.0942. The largest absolute Gasteiger partial charge is 0.493 e. The Labute approximate surface area is 159 Å². The maximum atomic E-state index is 5.47. The lowest BCUT2D eigenvalue weighted by Gasteiger charge is -2.27. The first-order chi connectivity index (χ1) is 13.3. The molecule has 0 amide bonds. The minimum Gasteiger partial charge on any atom is -0.493 e. The van der Waals surface area contributed by atoms with Gasteiger partial charge in [0.05, 0.1) is 31.6 Å². The summed E-state index contributed by atoms with van der Waals surface area (Å²) in [5.41, 5.74) is 7.98. The molecule has 3 aromatic rings. The highest BCUT2D eigenvalue weighted by Crippen LogP contribution is 2.37. The van der Waals surface area contributed by atoms with Gasteiger partial charge in [-0.2, -0.15) is 0 Å². The molecular formula is C23H22N2O2. The van der Waals surface area contributed by atoms with E-state index in [1.165, 1.54) is 5.56 Å². The summed E-state index contributed by atoms with van der Waals surface area (Å²) in [6.07, 6.45) is 2.24. The maximum absolute atomic E-state index is 5.47. The SMILES string of the molecule is COc1ccc(C2=CC(c3ccccc3)N(c3ccccc3)N2)cc1OC. The van der Waals surface area contributed by atoms with E-state index in [4.69, 9.17) is 9.47 Å². The van der Waals surface area contributed by atoms with Gasteiger partial charge in [0.2, 0.25) is 0 Å². The third-order valence-corrected chi connectivity index (χ3v) is 4.71. The van der Waals surface area contributed by atoms with Crippen molar-refractivity contribution in [3.05, 3.63) is 96.1 Å². The van der Waals surface area contributed by atoms with Crippen LogP contribution in [-0.4, -0.2) is 14.2 Å². The van der Waals surface area contributed by atoms with Crippen LogP contribution in [-0.2, 0) is 0 Å². The van der Waals surface area contributed by atoms with Crippen LogP contribution in [0.25, 0.3) is 5.70 Å². The summed E-state index contributed by atoms with van der Waals surface area (Å²) in [6, 6.07) is 26.9. The summed E-state index contributed by atoms with van der Waals surface area (Å²) < 4.78 is 10.8. The van der Waals surface area contributed by atoms with Crippen molar-refractivity contribution in [1.29, 1.82) is 0 Å². The van der Waals surface area contributed by atoms with Gasteiger partial charge in [-0.15, -0.1) is 0 Å². The maximum Gasteiger partial charge on any atom is 0.161 e. The molecule has 4 nitrogen and oxygen atoms in total. The fourth-order valence-electron chi connectivity index (χ4n) is 3.34. The highest BCUT2D eigenvalue weighted by Gasteiger charge is 2.27. The lowest BCUT2D eigenvalue weighted by molar-refractivity contribution is 0.355. The number of para-hydroxylation sites is 1. The molecule has 0 bridgehead atoms. The Hall–Kier alpha value is -3.40. The molecule has 1 N–H and O–H groups in total. The number of nitrogens with one attached hydrogen (secondary N) is 1. The molecule has 0 radical (unpaired) electrons. The quantitative estimate of drug-likeness (QED) is 0.710. The Morgan fingerprint density at radius 2 is 1.44 bits per heavy atom. The molecule has 0 aromatic heterocycles. The number of hydrazine groups is 1. The van der Waals surface area contributed by atoms with Gasteiger partial charge >= 0.3 is 0 Å². The molecule has 1 aliphatic rings. The average Bonchev–Trinajstić information content (AvgIpc) is 3.20. The van der Waals surface area contributed by atoms with E-state index in [-0.39, 0.29) is 6.04 Å². The third-order valence-electron chi connectivity index (χ3n) is 4.71. The first kappa shape index (κ1) is 17.0. The summed E-state index contributed by atoms with van der Waals surface area (Å²) in [4.78, 5) is 0. The number of rotatable bonds is 5. The molecule has 0 aliphatic carbocycles. The molecule has 1 heterocycles. The van der Waals surface area contributed by atoms with Crippen LogP contribution in [0.3, 0.4) is 0 Å². The lowest BCUT2D eigenvalue weighted by atomic mass is 10.0. The van der Waals surface area contributed by atoms with Crippen LogP contribution in [0.5, 0.6) is 11.5 Å². The fraction of sp³-hybridized carbons (Fsp3) is 0.130. The van der Waals surface area contributed by atoms with E-state index >= 15 is 0 Å². The Balaban J connectivity index is 1.74. The zero-order valence-electron chi connectivity index (χ0n) is 15.4. The van der Waals surface area contributed by atoms with Crippen molar-refractivity contribution in [3.63, 3.8) is 0 Å². The van der Waals surface area contributed by atoms with E-state index in [1.54, 1.807) is 14.2 Å². The molecule has 4 rings (SSSR count). The zero-order valence-corrected chi connectivity index (χ0v) is 15.4. The normalized spacial score (nSPS) is 15.9. The monoisotopic (exact) mass is 358 g/mol. The first-order valence-electron chi connectivity index (χ1n) is 8.90. The Kier molecular flexibility index (Phi) is 4.71. The number of ether oxygens (including phenoxy) is 2. The molecule has 1 aliphatic heterocycles. The Morgan fingerprint density at radius 3 is 2.11 bits per heavy atom. The first-order valence-corrected chi connectivity index (χ1v) is 8.90. The van der Waals surface area contributed by atoms with Crippen molar-refractivity contribution >= 4 is 11.4 Å².